The van der Waals surface area contributed by atoms with Crippen molar-refractivity contribution in [3.05, 3.63) is 27.5 Å². The van der Waals surface area contributed by atoms with Crippen LogP contribution in [0.2, 0.25) is 0 Å². The summed E-state index contributed by atoms with van der Waals surface area (Å²) in [6, 6.07) is 1.78. The van der Waals surface area contributed by atoms with Gasteiger partial charge in [-0.05, 0) is 19.9 Å². The second-order valence-corrected chi connectivity index (χ2v) is 5.14. The number of methoxy groups -OCH3 is 1. The highest BCUT2D eigenvalue weighted by Gasteiger charge is 2.11. The van der Waals surface area contributed by atoms with Crippen molar-refractivity contribution in [2.45, 2.75) is 20.4 Å². The van der Waals surface area contributed by atoms with E-state index in [1.165, 1.54) is 16.0 Å². The zero-order valence-electron chi connectivity index (χ0n) is 11.8. The quantitative estimate of drug-likeness (QED) is 0.822. The second kappa shape index (κ2) is 6.62. The van der Waals surface area contributed by atoms with E-state index in [1.807, 2.05) is 19.2 Å². The summed E-state index contributed by atoms with van der Waals surface area (Å²) < 4.78 is 6.43. The minimum atomic E-state index is -0.105. The Balaban J connectivity index is 2.28. The van der Waals surface area contributed by atoms with Crippen molar-refractivity contribution in [1.29, 1.82) is 0 Å². The average molecular weight is 294 g/mol. The number of thiazole rings is 1. The molecule has 0 radical (unpaired) electrons. The van der Waals surface area contributed by atoms with Crippen LogP contribution in [-0.2, 0) is 11.3 Å². The molecule has 0 aliphatic rings. The van der Waals surface area contributed by atoms with Gasteiger partial charge in [0.25, 0.3) is 5.56 Å². The molecule has 0 atom stereocenters. The summed E-state index contributed by atoms with van der Waals surface area (Å²) in [4.78, 5) is 16.7. The molecule has 1 N–H and O–H groups in total. The summed E-state index contributed by atoms with van der Waals surface area (Å²) >= 11 is 1.48. The fourth-order valence-electron chi connectivity index (χ4n) is 1.81. The molecule has 0 saturated carbocycles. The number of nitrogens with zero attached hydrogens (tertiary/aromatic N) is 3. The van der Waals surface area contributed by atoms with Crippen molar-refractivity contribution in [1.82, 2.24) is 14.8 Å². The summed E-state index contributed by atoms with van der Waals surface area (Å²) in [5.74, 6) is 0. The monoisotopic (exact) mass is 294 g/mol. The first-order valence-electron chi connectivity index (χ1n) is 6.43. The Kier molecular flexibility index (Phi) is 4.86. The van der Waals surface area contributed by atoms with Crippen LogP contribution in [0.3, 0.4) is 0 Å². The van der Waals surface area contributed by atoms with Crippen LogP contribution in [0.25, 0.3) is 11.3 Å². The first-order valence-corrected chi connectivity index (χ1v) is 7.31. The molecule has 2 rings (SSSR count). The smallest absolute Gasteiger partial charge is 0.276 e. The zero-order valence-corrected chi connectivity index (χ0v) is 12.7. The Bertz CT molecular complexity index is 636. The molecule has 2 heterocycles. The lowest BCUT2D eigenvalue weighted by atomic mass is 10.2. The van der Waals surface area contributed by atoms with Gasteiger partial charge in [0.15, 0.2) is 5.13 Å². The highest BCUT2D eigenvalue weighted by atomic mass is 32.1. The molecule has 0 aliphatic heterocycles. The number of aromatic nitrogens is 3. The molecule has 0 aromatic carbocycles. The molecule has 7 heteroatoms. The van der Waals surface area contributed by atoms with Gasteiger partial charge in [-0.3, -0.25) is 4.79 Å². The number of hydrogen-bond donors (Lipinski definition) is 1. The van der Waals surface area contributed by atoms with Crippen molar-refractivity contribution in [3.8, 4) is 11.3 Å². The van der Waals surface area contributed by atoms with Crippen LogP contribution >= 0.6 is 11.3 Å². The van der Waals surface area contributed by atoms with E-state index >= 15 is 0 Å². The Hall–Kier alpha value is -1.73. The zero-order chi connectivity index (χ0) is 14.5. The molecular weight excluding hydrogens is 276 g/mol. The van der Waals surface area contributed by atoms with Crippen LogP contribution in [0, 0.1) is 6.92 Å². The van der Waals surface area contributed by atoms with Gasteiger partial charge in [0.05, 0.1) is 23.6 Å². The summed E-state index contributed by atoms with van der Waals surface area (Å²) in [6.07, 6.45) is 0. The van der Waals surface area contributed by atoms with Gasteiger partial charge in [-0.25, -0.2) is 9.67 Å². The predicted octanol–water partition coefficient (Wildman–Crippen LogP) is 1.75. The number of aryl methyl sites for hydroxylation is 2. The third-order valence-corrected chi connectivity index (χ3v) is 3.56. The van der Waals surface area contributed by atoms with Gasteiger partial charge < -0.3 is 10.1 Å². The Morgan fingerprint density at radius 1 is 1.50 bits per heavy atom. The van der Waals surface area contributed by atoms with Gasteiger partial charge in [0.2, 0.25) is 0 Å². The average Bonchev–Trinajstić information content (AvgIpc) is 2.90. The van der Waals surface area contributed by atoms with Gasteiger partial charge in [0, 0.05) is 25.6 Å². The van der Waals surface area contributed by atoms with Crippen LogP contribution < -0.4 is 10.9 Å². The van der Waals surface area contributed by atoms with Gasteiger partial charge >= 0.3 is 0 Å². The lowest BCUT2D eigenvalue weighted by molar-refractivity contribution is 0.211. The molecule has 0 amide bonds. The fraction of sp³-hybridized carbons (Fsp3) is 0.462. The van der Waals surface area contributed by atoms with Gasteiger partial charge in [0.1, 0.15) is 0 Å². The minimum Gasteiger partial charge on any atom is -0.383 e. The Morgan fingerprint density at radius 2 is 2.30 bits per heavy atom. The Morgan fingerprint density at radius 3 is 3.00 bits per heavy atom. The maximum atomic E-state index is 12.2. The minimum absolute atomic E-state index is 0.105. The lowest BCUT2D eigenvalue weighted by Gasteiger charge is -2.05. The first kappa shape index (κ1) is 14.7. The van der Waals surface area contributed by atoms with E-state index in [2.05, 4.69) is 15.4 Å². The molecule has 0 unspecified atom stereocenters. The summed E-state index contributed by atoms with van der Waals surface area (Å²) in [6.45, 7) is 5.64. The molecule has 20 heavy (non-hydrogen) atoms. The van der Waals surface area contributed by atoms with Gasteiger partial charge in [-0.15, -0.1) is 11.3 Å². The van der Waals surface area contributed by atoms with Crippen molar-refractivity contribution in [3.63, 3.8) is 0 Å². The van der Waals surface area contributed by atoms with Crippen LogP contribution in [0.4, 0.5) is 5.13 Å². The maximum absolute atomic E-state index is 12.2. The van der Waals surface area contributed by atoms with Crippen molar-refractivity contribution < 1.29 is 4.74 Å². The molecule has 108 valence electrons. The Labute approximate surface area is 121 Å². The summed E-state index contributed by atoms with van der Waals surface area (Å²) in [5, 5.41) is 10.0. The largest absolute Gasteiger partial charge is 0.383 e. The van der Waals surface area contributed by atoms with E-state index in [0.29, 0.717) is 31.0 Å². The first-order chi connectivity index (χ1) is 9.65. The number of nitrogens with one attached hydrogen (secondary N) is 1. The van der Waals surface area contributed by atoms with E-state index in [0.717, 1.165) is 10.8 Å². The SMILES string of the molecule is CCn1nc(C)cc(-c2csc(NCCOC)n2)c1=O. The normalized spacial score (nSPS) is 10.8. The fourth-order valence-corrected chi connectivity index (χ4v) is 2.55. The number of anilines is 1. The molecule has 2 aromatic heterocycles. The molecule has 6 nitrogen and oxygen atoms in total. The van der Waals surface area contributed by atoms with E-state index in [1.54, 1.807) is 13.2 Å². The molecule has 0 fully saturated rings. The third kappa shape index (κ3) is 3.23. The van der Waals surface area contributed by atoms with E-state index < -0.39 is 0 Å². The molecule has 2 aromatic rings. The van der Waals surface area contributed by atoms with Crippen molar-refractivity contribution in [2.75, 3.05) is 25.6 Å². The predicted molar refractivity (Wildman–Crippen MR) is 80.4 cm³/mol. The molecule has 0 aliphatic carbocycles. The summed E-state index contributed by atoms with van der Waals surface area (Å²) in [7, 11) is 1.65. The summed E-state index contributed by atoms with van der Waals surface area (Å²) in [5.41, 5.74) is 1.98. The van der Waals surface area contributed by atoms with E-state index in [4.69, 9.17) is 4.74 Å². The topological polar surface area (TPSA) is 69.0 Å². The third-order valence-electron chi connectivity index (χ3n) is 2.76. The number of hydrogen-bond acceptors (Lipinski definition) is 6. The molecular formula is C13H18N4O2S. The van der Waals surface area contributed by atoms with Crippen molar-refractivity contribution in [2.24, 2.45) is 0 Å². The second-order valence-electron chi connectivity index (χ2n) is 4.28. The highest BCUT2D eigenvalue weighted by molar-refractivity contribution is 7.14. The number of ether oxygens (including phenoxy) is 1. The van der Waals surface area contributed by atoms with Gasteiger partial charge in [-0.1, -0.05) is 0 Å². The molecule has 0 spiro atoms. The van der Waals surface area contributed by atoms with Crippen molar-refractivity contribution >= 4 is 16.5 Å². The maximum Gasteiger partial charge on any atom is 0.276 e. The highest BCUT2D eigenvalue weighted by Crippen LogP contribution is 2.22. The van der Waals surface area contributed by atoms with Gasteiger partial charge in [-0.2, -0.15) is 5.10 Å². The standard InChI is InChI=1S/C13H18N4O2S/c1-4-17-12(18)10(7-9(2)16-17)11-8-20-13(15-11)14-5-6-19-3/h7-8H,4-6H2,1-3H3,(H,14,15). The lowest BCUT2D eigenvalue weighted by Crippen LogP contribution is -2.24. The molecule has 0 saturated heterocycles. The van der Waals surface area contributed by atoms with Crippen LogP contribution in [0.15, 0.2) is 16.2 Å². The van der Waals surface area contributed by atoms with Crippen LogP contribution in [0.1, 0.15) is 12.6 Å². The molecule has 0 bridgehead atoms. The van der Waals surface area contributed by atoms with Crippen LogP contribution in [0.5, 0.6) is 0 Å². The van der Waals surface area contributed by atoms with E-state index in [9.17, 15) is 4.79 Å². The van der Waals surface area contributed by atoms with Crippen LogP contribution in [-0.4, -0.2) is 35.0 Å². The van der Waals surface area contributed by atoms with E-state index in [-0.39, 0.29) is 5.56 Å². The number of rotatable bonds is 6.